The van der Waals surface area contributed by atoms with Gasteiger partial charge in [-0.25, -0.2) is 13.2 Å². The van der Waals surface area contributed by atoms with Gasteiger partial charge >= 0.3 is 5.97 Å². The number of unbranched alkanes of at least 4 members (excludes halogenated alkanes) is 1. The summed E-state index contributed by atoms with van der Waals surface area (Å²) in [5, 5.41) is 11.0. The highest BCUT2D eigenvalue weighted by atomic mass is 32.2. The Morgan fingerprint density at radius 3 is 2.63 bits per heavy atom. The maximum absolute atomic E-state index is 12.5. The van der Waals surface area contributed by atoms with Crippen LogP contribution in [0.3, 0.4) is 0 Å². The van der Waals surface area contributed by atoms with E-state index in [2.05, 4.69) is 0 Å². The number of nitro groups is 1. The van der Waals surface area contributed by atoms with Gasteiger partial charge in [0.2, 0.25) is 0 Å². The second-order valence-electron chi connectivity index (χ2n) is 6.35. The van der Waals surface area contributed by atoms with Crippen molar-refractivity contribution < 1.29 is 27.7 Å². The molecule has 0 spiro atoms. The summed E-state index contributed by atoms with van der Waals surface area (Å²) in [6.45, 7) is 1.73. The van der Waals surface area contributed by atoms with Crippen LogP contribution in [0.15, 0.2) is 24.3 Å². The molecule has 1 heterocycles. The third-order valence-corrected chi connectivity index (χ3v) is 6.12. The molecular formula is C17H22N2O7S. The van der Waals surface area contributed by atoms with Gasteiger partial charge < -0.3 is 9.64 Å². The molecule has 1 aliphatic heterocycles. The molecule has 2 rings (SSSR count). The van der Waals surface area contributed by atoms with E-state index in [9.17, 15) is 28.1 Å². The molecule has 0 N–H and O–H groups in total. The number of carbonyl (C=O) groups excluding carboxylic acids is 2. The molecule has 1 aromatic carbocycles. The number of rotatable bonds is 8. The molecular weight excluding hydrogens is 376 g/mol. The number of ether oxygens (including phenoxy) is 1. The Morgan fingerprint density at radius 2 is 2.04 bits per heavy atom. The number of benzene rings is 1. The minimum atomic E-state index is -3.17. The van der Waals surface area contributed by atoms with Gasteiger partial charge in [0.25, 0.3) is 11.6 Å². The summed E-state index contributed by atoms with van der Waals surface area (Å²) in [6.07, 6.45) is 1.87. The Hall–Kier alpha value is -2.49. The molecule has 1 fully saturated rings. The van der Waals surface area contributed by atoms with Crippen molar-refractivity contribution in [3.63, 3.8) is 0 Å². The first-order valence-corrected chi connectivity index (χ1v) is 10.5. The highest BCUT2D eigenvalue weighted by Gasteiger charge is 2.34. The quantitative estimate of drug-likeness (QED) is 0.370. The molecule has 0 bridgehead atoms. The number of para-hydroxylation sites is 1. The summed E-state index contributed by atoms with van der Waals surface area (Å²) in [5.74, 6) is -1.54. The van der Waals surface area contributed by atoms with Crippen LogP contribution in [0.2, 0.25) is 0 Å². The van der Waals surface area contributed by atoms with Crippen molar-refractivity contribution in [2.24, 2.45) is 0 Å². The standard InChI is InChI=1S/C17H22N2O7S/c1-2-3-9-18(13-8-10-27(24,25)12-13)16(20)11-26-17(21)14-6-4-5-7-15(14)19(22)23/h4-7,13H,2-3,8-12H2,1H3/t13-/m1/s1. The summed E-state index contributed by atoms with van der Waals surface area (Å²) in [5.41, 5.74) is -0.640. The monoisotopic (exact) mass is 398 g/mol. The number of carbonyl (C=O) groups is 2. The zero-order chi connectivity index (χ0) is 20.0. The van der Waals surface area contributed by atoms with E-state index in [4.69, 9.17) is 4.74 Å². The lowest BCUT2D eigenvalue weighted by Crippen LogP contribution is -2.43. The predicted molar refractivity (Wildman–Crippen MR) is 97.1 cm³/mol. The number of esters is 1. The lowest BCUT2D eigenvalue weighted by molar-refractivity contribution is -0.385. The molecule has 1 aliphatic rings. The van der Waals surface area contributed by atoms with Crippen LogP contribution in [0, 0.1) is 10.1 Å². The average molecular weight is 398 g/mol. The number of nitrogens with zero attached hydrogens (tertiary/aromatic N) is 2. The third kappa shape index (κ3) is 5.49. The molecule has 0 aliphatic carbocycles. The van der Waals surface area contributed by atoms with Crippen molar-refractivity contribution in [2.75, 3.05) is 24.7 Å². The molecule has 0 unspecified atom stereocenters. The van der Waals surface area contributed by atoms with E-state index < -0.39 is 45.0 Å². The van der Waals surface area contributed by atoms with E-state index in [1.165, 1.54) is 29.2 Å². The maximum atomic E-state index is 12.5. The summed E-state index contributed by atoms with van der Waals surface area (Å²) >= 11 is 0. The van der Waals surface area contributed by atoms with Gasteiger partial charge in [-0.15, -0.1) is 0 Å². The zero-order valence-electron chi connectivity index (χ0n) is 15.0. The fraction of sp³-hybridized carbons (Fsp3) is 0.529. The topological polar surface area (TPSA) is 124 Å². The van der Waals surface area contributed by atoms with Gasteiger partial charge in [-0.05, 0) is 18.9 Å². The molecule has 0 radical (unpaired) electrons. The summed E-state index contributed by atoms with van der Waals surface area (Å²) < 4.78 is 28.4. The number of nitro benzene ring substituents is 1. The van der Waals surface area contributed by atoms with Crippen LogP contribution in [0.1, 0.15) is 36.5 Å². The number of hydrogen-bond acceptors (Lipinski definition) is 7. The molecule has 1 aromatic rings. The lowest BCUT2D eigenvalue weighted by Gasteiger charge is -2.28. The first-order valence-electron chi connectivity index (χ1n) is 8.65. The Kier molecular flexibility index (Phi) is 6.89. The molecule has 1 atom stereocenters. The molecule has 0 aromatic heterocycles. The van der Waals surface area contributed by atoms with Gasteiger partial charge in [-0.2, -0.15) is 0 Å². The number of sulfone groups is 1. The van der Waals surface area contributed by atoms with E-state index in [0.717, 1.165) is 6.42 Å². The van der Waals surface area contributed by atoms with Crippen molar-refractivity contribution in [1.82, 2.24) is 4.90 Å². The van der Waals surface area contributed by atoms with Crippen molar-refractivity contribution in [2.45, 2.75) is 32.2 Å². The molecule has 9 nitrogen and oxygen atoms in total. The fourth-order valence-corrected chi connectivity index (χ4v) is 4.68. The molecule has 27 heavy (non-hydrogen) atoms. The molecule has 1 saturated heterocycles. The average Bonchev–Trinajstić information content (AvgIpc) is 2.99. The van der Waals surface area contributed by atoms with Crippen LogP contribution in [-0.2, 0) is 19.4 Å². The van der Waals surface area contributed by atoms with Crippen molar-refractivity contribution in [3.8, 4) is 0 Å². The SMILES string of the molecule is CCCCN(C(=O)COC(=O)c1ccccc1[N+](=O)[O-])[C@@H]1CCS(=O)(=O)C1. The highest BCUT2D eigenvalue weighted by Crippen LogP contribution is 2.20. The Balaban J connectivity index is 2.05. The molecule has 10 heteroatoms. The summed E-state index contributed by atoms with van der Waals surface area (Å²) in [4.78, 5) is 36.4. The van der Waals surface area contributed by atoms with Crippen molar-refractivity contribution in [3.05, 3.63) is 39.9 Å². The van der Waals surface area contributed by atoms with Gasteiger partial charge in [0.15, 0.2) is 16.4 Å². The van der Waals surface area contributed by atoms with E-state index in [1.807, 2.05) is 6.92 Å². The third-order valence-electron chi connectivity index (χ3n) is 4.37. The normalized spacial score (nSPS) is 18.0. The summed E-state index contributed by atoms with van der Waals surface area (Å²) in [6, 6.07) is 4.88. The zero-order valence-corrected chi connectivity index (χ0v) is 15.8. The van der Waals surface area contributed by atoms with E-state index in [1.54, 1.807) is 0 Å². The maximum Gasteiger partial charge on any atom is 0.345 e. The van der Waals surface area contributed by atoms with Crippen LogP contribution in [-0.4, -0.2) is 60.8 Å². The molecule has 148 valence electrons. The van der Waals surface area contributed by atoms with Crippen LogP contribution < -0.4 is 0 Å². The smallest absolute Gasteiger partial charge is 0.345 e. The van der Waals surface area contributed by atoms with Gasteiger partial charge in [0.1, 0.15) is 5.56 Å². The largest absolute Gasteiger partial charge is 0.452 e. The fourth-order valence-electron chi connectivity index (χ4n) is 2.95. The number of hydrogen-bond donors (Lipinski definition) is 0. The van der Waals surface area contributed by atoms with Gasteiger partial charge in [-0.1, -0.05) is 25.5 Å². The van der Waals surface area contributed by atoms with E-state index in [-0.39, 0.29) is 17.1 Å². The molecule has 1 amide bonds. The van der Waals surface area contributed by atoms with Crippen LogP contribution in [0.5, 0.6) is 0 Å². The van der Waals surface area contributed by atoms with Crippen molar-refractivity contribution >= 4 is 27.4 Å². The summed E-state index contributed by atoms with van der Waals surface area (Å²) in [7, 11) is -3.17. The second kappa shape index (κ2) is 8.94. The molecule has 0 saturated carbocycles. The Bertz CT molecular complexity index is 822. The predicted octanol–water partition coefficient (Wildman–Crippen LogP) is 1.57. The van der Waals surface area contributed by atoms with Crippen LogP contribution >= 0.6 is 0 Å². The van der Waals surface area contributed by atoms with E-state index >= 15 is 0 Å². The highest BCUT2D eigenvalue weighted by molar-refractivity contribution is 7.91. The first kappa shape index (κ1) is 20.8. The van der Waals surface area contributed by atoms with Crippen LogP contribution in [0.25, 0.3) is 0 Å². The minimum Gasteiger partial charge on any atom is -0.452 e. The Labute approximate surface area is 157 Å². The number of amides is 1. The van der Waals surface area contributed by atoms with Gasteiger partial charge in [-0.3, -0.25) is 14.9 Å². The Morgan fingerprint density at radius 1 is 1.33 bits per heavy atom. The van der Waals surface area contributed by atoms with Gasteiger partial charge in [0.05, 0.1) is 16.4 Å². The van der Waals surface area contributed by atoms with E-state index in [0.29, 0.717) is 19.4 Å². The lowest BCUT2D eigenvalue weighted by atomic mass is 10.2. The second-order valence-corrected chi connectivity index (χ2v) is 8.58. The first-order chi connectivity index (χ1) is 12.7. The van der Waals surface area contributed by atoms with Crippen molar-refractivity contribution in [1.29, 1.82) is 0 Å². The minimum absolute atomic E-state index is 0.0313. The van der Waals surface area contributed by atoms with Gasteiger partial charge in [0, 0.05) is 18.7 Å². The van der Waals surface area contributed by atoms with Crippen LogP contribution in [0.4, 0.5) is 5.69 Å².